The Kier molecular flexibility index (Phi) is 3.01. The number of pyridine rings is 3. The summed E-state index contributed by atoms with van der Waals surface area (Å²) in [4.78, 5) is 21.4. The quantitative estimate of drug-likeness (QED) is 0.745. The van der Waals surface area contributed by atoms with Crippen molar-refractivity contribution in [3.8, 4) is 22.4 Å². The van der Waals surface area contributed by atoms with Gasteiger partial charge in [-0.2, -0.15) is 0 Å². The molecule has 2 aliphatic rings. The van der Waals surface area contributed by atoms with Gasteiger partial charge in [0.25, 0.3) is 5.56 Å². The van der Waals surface area contributed by atoms with Gasteiger partial charge < -0.3 is 15.6 Å². The highest BCUT2D eigenvalue weighted by atomic mass is 16.1. The lowest BCUT2D eigenvalue weighted by Crippen LogP contribution is -2.17. The molecular weight excluding hydrogens is 326 g/mol. The van der Waals surface area contributed by atoms with Crippen molar-refractivity contribution in [1.82, 2.24) is 14.5 Å². The molecule has 0 aromatic carbocycles. The van der Waals surface area contributed by atoms with Crippen molar-refractivity contribution in [1.29, 1.82) is 0 Å². The maximum absolute atomic E-state index is 12.4. The smallest absolute Gasteiger partial charge is 0.259 e. The number of fused-ring (bicyclic) bond motifs is 2. The summed E-state index contributed by atoms with van der Waals surface area (Å²) in [6.07, 6.45) is 6.00. The summed E-state index contributed by atoms with van der Waals surface area (Å²) in [5, 5.41) is 3.40. The van der Waals surface area contributed by atoms with E-state index in [1.807, 2.05) is 24.4 Å². The fourth-order valence-electron chi connectivity index (χ4n) is 3.76. The molecule has 0 bridgehead atoms. The number of nitrogens with one attached hydrogen (secondary N) is 1. The normalized spacial score (nSPS) is 16.3. The molecule has 3 N–H and O–H groups in total. The predicted molar refractivity (Wildman–Crippen MR) is 102 cm³/mol. The van der Waals surface area contributed by atoms with E-state index >= 15 is 0 Å². The molecule has 1 aliphatic carbocycles. The molecule has 0 unspecified atom stereocenters. The second-order valence-corrected chi connectivity index (χ2v) is 7.26. The summed E-state index contributed by atoms with van der Waals surface area (Å²) >= 11 is 0. The van der Waals surface area contributed by atoms with Gasteiger partial charge in [0.05, 0.1) is 11.3 Å². The van der Waals surface area contributed by atoms with Crippen molar-refractivity contribution in [3.05, 3.63) is 58.6 Å². The lowest BCUT2D eigenvalue weighted by atomic mass is 9.96. The molecule has 26 heavy (non-hydrogen) atoms. The summed E-state index contributed by atoms with van der Waals surface area (Å²) in [6, 6.07) is 9.57. The largest absolute Gasteiger partial charge is 0.384 e. The zero-order valence-electron chi connectivity index (χ0n) is 14.5. The number of aromatic nitrogens is 3. The van der Waals surface area contributed by atoms with Gasteiger partial charge in [0.15, 0.2) is 0 Å². The SMILES string of the molecule is Cn1cccc(-c2cc(-c3cnc4c(c3)C3(CC3)CN4)cc(N)n2)c1=O. The molecule has 5 rings (SSSR count). The molecule has 1 spiro atoms. The molecule has 3 aromatic rings. The second kappa shape index (κ2) is 5.17. The summed E-state index contributed by atoms with van der Waals surface area (Å²) in [7, 11) is 1.73. The third-order valence-electron chi connectivity index (χ3n) is 5.48. The first kappa shape index (κ1) is 15.1. The Morgan fingerprint density at radius 2 is 2.08 bits per heavy atom. The molecule has 3 aromatic heterocycles. The van der Waals surface area contributed by atoms with E-state index in [1.165, 1.54) is 18.4 Å². The van der Waals surface area contributed by atoms with Crippen LogP contribution in [0.5, 0.6) is 0 Å². The van der Waals surface area contributed by atoms with Crippen molar-refractivity contribution < 1.29 is 0 Å². The van der Waals surface area contributed by atoms with Gasteiger partial charge in [0.1, 0.15) is 11.6 Å². The minimum absolute atomic E-state index is 0.0928. The van der Waals surface area contributed by atoms with Crippen LogP contribution in [0.4, 0.5) is 11.6 Å². The summed E-state index contributed by atoms with van der Waals surface area (Å²) < 4.78 is 1.54. The van der Waals surface area contributed by atoms with Gasteiger partial charge in [-0.05, 0) is 48.7 Å². The average molecular weight is 345 g/mol. The summed E-state index contributed by atoms with van der Waals surface area (Å²) in [6.45, 7) is 0.975. The number of aryl methyl sites for hydroxylation is 1. The van der Waals surface area contributed by atoms with E-state index in [0.717, 1.165) is 23.5 Å². The maximum atomic E-state index is 12.4. The fourth-order valence-corrected chi connectivity index (χ4v) is 3.76. The van der Waals surface area contributed by atoms with Gasteiger partial charge in [-0.1, -0.05) is 0 Å². The van der Waals surface area contributed by atoms with Crippen LogP contribution < -0.4 is 16.6 Å². The first-order valence-electron chi connectivity index (χ1n) is 8.74. The number of nitrogens with two attached hydrogens (primary N) is 1. The van der Waals surface area contributed by atoms with Crippen molar-refractivity contribution in [2.75, 3.05) is 17.6 Å². The zero-order chi connectivity index (χ0) is 17.9. The maximum Gasteiger partial charge on any atom is 0.259 e. The van der Waals surface area contributed by atoms with Crippen LogP contribution in [0.25, 0.3) is 22.4 Å². The number of anilines is 2. The second-order valence-electron chi connectivity index (χ2n) is 7.26. The number of nitrogens with zero attached hydrogens (tertiary/aromatic N) is 3. The molecule has 0 amide bonds. The molecule has 1 aliphatic heterocycles. The third kappa shape index (κ3) is 2.22. The average Bonchev–Trinajstić information content (AvgIpc) is 3.33. The molecule has 1 saturated carbocycles. The lowest BCUT2D eigenvalue weighted by molar-refractivity contribution is 0.778. The number of rotatable bonds is 2. The van der Waals surface area contributed by atoms with Gasteiger partial charge >= 0.3 is 0 Å². The Morgan fingerprint density at radius 3 is 2.88 bits per heavy atom. The number of hydrogen-bond acceptors (Lipinski definition) is 5. The molecular formula is C20H19N5O. The van der Waals surface area contributed by atoms with Crippen LogP contribution in [-0.4, -0.2) is 21.1 Å². The van der Waals surface area contributed by atoms with Crippen molar-refractivity contribution in [2.45, 2.75) is 18.3 Å². The fraction of sp³-hybridized carbons (Fsp3) is 0.250. The van der Waals surface area contributed by atoms with E-state index in [9.17, 15) is 4.79 Å². The third-order valence-corrected chi connectivity index (χ3v) is 5.48. The predicted octanol–water partition coefficient (Wildman–Crippen LogP) is 2.55. The van der Waals surface area contributed by atoms with Crippen LogP contribution >= 0.6 is 0 Å². The van der Waals surface area contributed by atoms with Crippen LogP contribution in [0.2, 0.25) is 0 Å². The van der Waals surface area contributed by atoms with Gasteiger partial charge in [-0.15, -0.1) is 0 Å². The van der Waals surface area contributed by atoms with Crippen LogP contribution in [0.15, 0.2) is 47.5 Å². The number of hydrogen-bond donors (Lipinski definition) is 2. The monoisotopic (exact) mass is 345 g/mol. The van der Waals surface area contributed by atoms with Gasteiger partial charge in [0, 0.05) is 42.5 Å². The molecule has 130 valence electrons. The standard InChI is InChI=1S/C20H19N5O/c1-25-6-2-3-14(19(25)26)16-8-12(9-17(21)24-16)13-7-15-18(22-10-13)23-11-20(15)4-5-20/h2-3,6-10H,4-5,11H2,1H3,(H2,21,24)(H,22,23). The van der Waals surface area contributed by atoms with Crippen LogP contribution in [0.3, 0.4) is 0 Å². The Balaban J connectivity index is 1.64. The van der Waals surface area contributed by atoms with Crippen molar-refractivity contribution in [2.24, 2.45) is 7.05 Å². The highest BCUT2D eigenvalue weighted by Crippen LogP contribution is 2.54. The Labute approximate surface area is 150 Å². The first-order valence-corrected chi connectivity index (χ1v) is 8.74. The van der Waals surface area contributed by atoms with Gasteiger partial charge in [-0.25, -0.2) is 9.97 Å². The highest BCUT2D eigenvalue weighted by Gasteiger charge is 2.49. The van der Waals surface area contributed by atoms with Crippen molar-refractivity contribution >= 4 is 11.6 Å². The first-order chi connectivity index (χ1) is 12.6. The Hall–Kier alpha value is -3.15. The van der Waals surface area contributed by atoms with Gasteiger partial charge in [0.2, 0.25) is 0 Å². The van der Waals surface area contributed by atoms with E-state index < -0.39 is 0 Å². The van der Waals surface area contributed by atoms with E-state index in [-0.39, 0.29) is 11.0 Å². The minimum Gasteiger partial charge on any atom is -0.384 e. The van der Waals surface area contributed by atoms with E-state index in [4.69, 9.17) is 5.73 Å². The van der Waals surface area contributed by atoms with Crippen LogP contribution in [0, 0.1) is 0 Å². The lowest BCUT2D eigenvalue weighted by Gasteiger charge is -2.10. The molecule has 6 heteroatoms. The highest BCUT2D eigenvalue weighted by molar-refractivity contribution is 5.75. The number of nitrogen functional groups attached to an aromatic ring is 1. The molecule has 0 saturated heterocycles. The summed E-state index contributed by atoms with van der Waals surface area (Å²) in [5.41, 5.74) is 10.6. The topological polar surface area (TPSA) is 85.8 Å². The van der Waals surface area contributed by atoms with E-state index in [2.05, 4.69) is 21.4 Å². The molecule has 1 fully saturated rings. The molecule has 0 radical (unpaired) electrons. The van der Waals surface area contributed by atoms with Crippen molar-refractivity contribution in [3.63, 3.8) is 0 Å². The molecule has 6 nitrogen and oxygen atoms in total. The van der Waals surface area contributed by atoms with Crippen LogP contribution in [0.1, 0.15) is 18.4 Å². The van der Waals surface area contributed by atoms with Crippen LogP contribution in [-0.2, 0) is 12.5 Å². The summed E-state index contributed by atoms with van der Waals surface area (Å²) in [5.74, 6) is 1.38. The Morgan fingerprint density at radius 1 is 1.23 bits per heavy atom. The Bertz CT molecular complexity index is 1100. The molecule has 4 heterocycles. The minimum atomic E-state index is -0.0928. The molecule has 0 atom stereocenters. The van der Waals surface area contributed by atoms with Gasteiger partial charge in [-0.3, -0.25) is 4.79 Å². The van der Waals surface area contributed by atoms with E-state index in [1.54, 1.807) is 23.9 Å². The zero-order valence-corrected chi connectivity index (χ0v) is 14.5. The van der Waals surface area contributed by atoms with E-state index in [0.29, 0.717) is 17.1 Å².